The van der Waals surface area contributed by atoms with Gasteiger partial charge in [-0.25, -0.2) is 0 Å². The molecule has 48 heavy (non-hydrogen) atoms. The van der Waals surface area contributed by atoms with Crippen molar-refractivity contribution in [2.45, 2.75) is 69.4 Å². The van der Waals surface area contributed by atoms with E-state index in [1.807, 2.05) is 121 Å². The summed E-state index contributed by atoms with van der Waals surface area (Å²) in [5.41, 5.74) is 1.31. The molecule has 4 aromatic carbocycles. The molecular weight excluding hydrogens is 614 g/mol. The number of nitro groups is 1. The van der Waals surface area contributed by atoms with E-state index in [-0.39, 0.29) is 45.9 Å². The quantitative estimate of drug-likeness (QED) is 0.0736. The Bertz CT molecular complexity index is 1540. The van der Waals surface area contributed by atoms with Crippen molar-refractivity contribution >= 4 is 5.97 Å². The molecule has 10 heteroatoms. The van der Waals surface area contributed by atoms with Crippen LogP contribution in [0.1, 0.15) is 35.1 Å². The van der Waals surface area contributed by atoms with Gasteiger partial charge in [-0.2, -0.15) is 0 Å². The van der Waals surface area contributed by atoms with E-state index in [0.29, 0.717) is 0 Å². The van der Waals surface area contributed by atoms with Gasteiger partial charge in [0.15, 0.2) is 6.10 Å². The van der Waals surface area contributed by atoms with Gasteiger partial charge >= 0.3 is 11.7 Å². The molecule has 1 unspecified atom stereocenters. The van der Waals surface area contributed by atoms with Gasteiger partial charge < -0.3 is 28.4 Å². The van der Waals surface area contributed by atoms with E-state index in [0.717, 1.165) is 22.3 Å². The minimum Gasteiger partial charge on any atom is -0.469 e. The second-order valence-electron chi connectivity index (χ2n) is 11.6. The van der Waals surface area contributed by atoms with Gasteiger partial charge in [-0.15, -0.1) is 0 Å². The molecule has 252 valence electrons. The van der Waals surface area contributed by atoms with E-state index in [4.69, 9.17) is 28.4 Å². The van der Waals surface area contributed by atoms with Crippen molar-refractivity contribution in [3.8, 4) is 0 Å². The molecule has 1 heterocycles. The Morgan fingerprint density at radius 3 is 1.58 bits per heavy atom. The lowest BCUT2D eigenvalue weighted by Crippen LogP contribution is -2.69. The zero-order valence-corrected chi connectivity index (χ0v) is 26.9. The van der Waals surface area contributed by atoms with Crippen molar-refractivity contribution in [3.63, 3.8) is 0 Å². The van der Waals surface area contributed by atoms with Crippen LogP contribution in [0.5, 0.6) is 0 Å². The first-order chi connectivity index (χ1) is 23.5. The van der Waals surface area contributed by atoms with Crippen molar-refractivity contribution < 1.29 is 38.1 Å². The molecule has 1 fully saturated rings. The van der Waals surface area contributed by atoms with Crippen LogP contribution in [0.3, 0.4) is 0 Å². The summed E-state index contributed by atoms with van der Waals surface area (Å²) in [6.45, 7) is 0.564. The zero-order chi connectivity index (χ0) is 33.6. The fourth-order valence-corrected chi connectivity index (χ4v) is 5.76. The summed E-state index contributed by atoms with van der Waals surface area (Å²) in [6.07, 6.45) is -4.69. The SMILES string of the molecule is COC(=O)CCC1([N+](=O)[O-])O[C@H](COCc2ccccc2)[C@@H](OCc2ccccc2)[C@H](OCc2ccccc2)[C@H]1OCc1ccccc1. The van der Waals surface area contributed by atoms with Gasteiger partial charge in [-0.1, -0.05) is 121 Å². The van der Waals surface area contributed by atoms with Gasteiger partial charge in [0.05, 0.1) is 57.9 Å². The molecular formula is C38H41NO9. The second kappa shape index (κ2) is 17.6. The summed E-state index contributed by atoms with van der Waals surface area (Å²) in [5.74, 6) is -0.609. The Labute approximate surface area is 280 Å². The number of hydrogen-bond donors (Lipinski definition) is 0. The van der Waals surface area contributed by atoms with Crippen LogP contribution in [-0.2, 0) is 59.6 Å². The van der Waals surface area contributed by atoms with E-state index in [2.05, 4.69) is 0 Å². The number of methoxy groups -OCH3 is 1. The maximum atomic E-state index is 13.3. The molecule has 0 aliphatic carbocycles. The molecule has 0 aromatic heterocycles. The lowest BCUT2D eigenvalue weighted by atomic mass is 9.87. The monoisotopic (exact) mass is 655 g/mol. The third kappa shape index (κ3) is 9.33. The van der Waals surface area contributed by atoms with Crippen LogP contribution in [0.4, 0.5) is 0 Å². The van der Waals surface area contributed by atoms with Crippen molar-refractivity contribution in [3.05, 3.63) is 154 Å². The Morgan fingerprint density at radius 2 is 1.12 bits per heavy atom. The number of ether oxygens (including phenoxy) is 6. The highest BCUT2D eigenvalue weighted by Gasteiger charge is 2.65. The highest BCUT2D eigenvalue weighted by atomic mass is 16.7. The zero-order valence-electron chi connectivity index (χ0n) is 26.9. The van der Waals surface area contributed by atoms with Crippen LogP contribution in [0.15, 0.2) is 121 Å². The van der Waals surface area contributed by atoms with Crippen LogP contribution in [0, 0.1) is 10.1 Å². The van der Waals surface area contributed by atoms with Crippen molar-refractivity contribution in [2.24, 2.45) is 0 Å². The first-order valence-electron chi connectivity index (χ1n) is 16.0. The first-order valence-corrected chi connectivity index (χ1v) is 16.0. The van der Waals surface area contributed by atoms with Crippen LogP contribution in [0.25, 0.3) is 0 Å². The minimum atomic E-state index is -2.20. The number of rotatable bonds is 17. The van der Waals surface area contributed by atoms with Crippen LogP contribution in [-0.4, -0.2) is 54.8 Å². The standard InChI is InChI=1S/C38H41NO9/c1-43-34(40)22-23-38(39(41)42)37(47-27-32-20-12-5-13-21-32)36(46-26-31-18-10-4-11-19-31)35(45-25-30-16-8-3-9-17-30)33(48-38)28-44-24-29-14-6-2-7-15-29/h2-21,33,35-37H,22-28H2,1H3/t33-,35-,36+,37-,38?/m1/s1. The average Bonchev–Trinajstić information content (AvgIpc) is 3.13. The summed E-state index contributed by atoms with van der Waals surface area (Å²) >= 11 is 0. The van der Waals surface area contributed by atoms with Gasteiger partial charge in [0.25, 0.3) is 0 Å². The molecule has 0 bridgehead atoms. The minimum absolute atomic E-state index is 0.0362. The summed E-state index contributed by atoms with van der Waals surface area (Å²) in [5, 5.41) is 13.3. The third-order valence-electron chi connectivity index (χ3n) is 8.25. The van der Waals surface area contributed by atoms with E-state index in [9.17, 15) is 14.9 Å². The molecule has 5 rings (SSSR count). The van der Waals surface area contributed by atoms with E-state index in [1.54, 1.807) is 0 Å². The van der Waals surface area contributed by atoms with Gasteiger partial charge in [0.2, 0.25) is 0 Å². The summed E-state index contributed by atoms with van der Waals surface area (Å²) < 4.78 is 37.1. The molecule has 1 saturated heterocycles. The fourth-order valence-electron chi connectivity index (χ4n) is 5.76. The largest absolute Gasteiger partial charge is 0.469 e. The van der Waals surface area contributed by atoms with Crippen LogP contribution in [0.2, 0.25) is 0 Å². The number of carbonyl (C=O) groups is 1. The molecule has 0 radical (unpaired) electrons. The van der Waals surface area contributed by atoms with Gasteiger partial charge in [0.1, 0.15) is 18.3 Å². The number of esters is 1. The molecule has 5 atom stereocenters. The van der Waals surface area contributed by atoms with Crippen LogP contribution < -0.4 is 0 Å². The highest BCUT2D eigenvalue weighted by Crippen LogP contribution is 2.40. The fraction of sp³-hybridized carbons (Fsp3) is 0.342. The number of carbonyl (C=O) groups excluding carboxylic acids is 1. The topological polar surface area (TPSA) is 116 Å². The van der Waals surface area contributed by atoms with Gasteiger partial charge in [0, 0.05) is 0 Å². The molecule has 1 aliphatic rings. The molecule has 0 amide bonds. The third-order valence-corrected chi connectivity index (χ3v) is 8.25. The van der Waals surface area contributed by atoms with Crippen molar-refractivity contribution in [1.29, 1.82) is 0 Å². The Kier molecular flexibility index (Phi) is 12.8. The smallest absolute Gasteiger partial charge is 0.354 e. The predicted molar refractivity (Wildman–Crippen MR) is 177 cm³/mol. The lowest BCUT2D eigenvalue weighted by molar-refractivity contribution is -0.662. The average molecular weight is 656 g/mol. The van der Waals surface area contributed by atoms with Crippen molar-refractivity contribution in [2.75, 3.05) is 13.7 Å². The lowest BCUT2D eigenvalue weighted by Gasteiger charge is -2.47. The van der Waals surface area contributed by atoms with Crippen LogP contribution >= 0.6 is 0 Å². The number of benzene rings is 4. The molecule has 0 spiro atoms. The predicted octanol–water partition coefficient (Wildman–Crippen LogP) is 6.28. The maximum Gasteiger partial charge on any atom is 0.354 e. The Morgan fingerprint density at radius 1 is 0.688 bits per heavy atom. The summed E-state index contributed by atoms with van der Waals surface area (Å²) in [6, 6.07) is 38.1. The van der Waals surface area contributed by atoms with Gasteiger partial charge in [-0.3, -0.25) is 14.9 Å². The normalized spacial score (nSPS) is 22.2. The van der Waals surface area contributed by atoms with E-state index >= 15 is 0 Å². The summed E-state index contributed by atoms with van der Waals surface area (Å²) in [7, 11) is 1.24. The maximum absolute atomic E-state index is 13.3. The molecule has 4 aromatic rings. The Balaban J connectivity index is 1.53. The molecule has 1 aliphatic heterocycles. The van der Waals surface area contributed by atoms with E-state index in [1.165, 1.54) is 7.11 Å². The number of nitrogens with zero attached hydrogens (tertiary/aromatic N) is 1. The molecule has 0 saturated carbocycles. The summed E-state index contributed by atoms with van der Waals surface area (Å²) in [4.78, 5) is 25.2. The highest BCUT2D eigenvalue weighted by molar-refractivity contribution is 5.69. The molecule has 10 nitrogen and oxygen atoms in total. The van der Waals surface area contributed by atoms with E-state index < -0.39 is 41.0 Å². The first kappa shape index (κ1) is 34.9. The molecule has 0 N–H and O–H groups in total. The number of hydrogen-bond acceptors (Lipinski definition) is 9. The van der Waals surface area contributed by atoms with Crippen molar-refractivity contribution in [1.82, 2.24) is 0 Å². The second-order valence-corrected chi connectivity index (χ2v) is 11.6. The van der Waals surface area contributed by atoms with Gasteiger partial charge in [-0.05, 0) is 22.3 Å². The Hall–Kier alpha value is -4.45.